The maximum atomic E-state index is 13.0. The van der Waals surface area contributed by atoms with Crippen LogP contribution in [0.15, 0.2) is 35.7 Å². The van der Waals surface area contributed by atoms with Crippen molar-refractivity contribution in [2.45, 2.75) is 6.18 Å². The highest BCUT2D eigenvalue weighted by Crippen LogP contribution is 2.34. The highest BCUT2D eigenvalue weighted by atomic mass is 19.4. The molecule has 1 saturated heterocycles. The Morgan fingerprint density at radius 1 is 1.37 bits per heavy atom. The van der Waals surface area contributed by atoms with Crippen LogP contribution < -0.4 is 15.0 Å². The highest BCUT2D eigenvalue weighted by Gasteiger charge is 2.35. The minimum Gasteiger partial charge on any atom is -0.475 e. The number of nitrogens with zero attached hydrogens (tertiary/aromatic N) is 6. The first-order valence-corrected chi connectivity index (χ1v) is 9.19. The number of aryl methyl sites for hydroxylation is 1. The van der Waals surface area contributed by atoms with Crippen LogP contribution in [0.5, 0.6) is 5.88 Å². The molecule has 0 saturated carbocycles. The van der Waals surface area contributed by atoms with E-state index in [2.05, 4.69) is 20.4 Å². The molecule has 3 rings (SSSR count). The number of hydrogen-bond acceptors (Lipinski definition) is 5. The number of carbonyl (C=O) groups excluding carboxylic acids is 1. The van der Waals surface area contributed by atoms with Crippen LogP contribution in [0.2, 0.25) is 0 Å². The molecule has 0 aromatic carbocycles. The van der Waals surface area contributed by atoms with Crippen molar-refractivity contribution in [2.24, 2.45) is 12.0 Å². The number of carbonyl (C=O) groups is 1. The maximum Gasteiger partial charge on any atom is 0.421 e. The highest BCUT2D eigenvalue weighted by molar-refractivity contribution is 5.98. The Morgan fingerprint density at radius 3 is 2.80 bits per heavy atom. The van der Waals surface area contributed by atoms with Crippen LogP contribution in [0.1, 0.15) is 5.56 Å². The normalized spacial score (nSPS) is 15.5. The van der Waals surface area contributed by atoms with Crippen molar-refractivity contribution in [3.63, 3.8) is 0 Å². The molecule has 0 spiro atoms. The smallest absolute Gasteiger partial charge is 0.421 e. The van der Waals surface area contributed by atoms with Gasteiger partial charge in [0.2, 0.25) is 11.8 Å². The molecule has 0 aliphatic carbocycles. The number of hydrogen-bond donors (Lipinski definition) is 1. The van der Waals surface area contributed by atoms with Crippen molar-refractivity contribution in [2.75, 3.05) is 44.7 Å². The molecule has 30 heavy (non-hydrogen) atoms. The SMILES string of the molecule is CN=C(NCCOc1ncccc1C(F)(F)F)N1CCN(c2cnn(C)c2)C(=O)C1. The van der Waals surface area contributed by atoms with Crippen molar-refractivity contribution < 1.29 is 22.7 Å². The molecular weight excluding hydrogens is 403 g/mol. The summed E-state index contributed by atoms with van der Waals surface area (Å²) < 4.78 is 45.7. The third kappa shape index (κ3) is 4.99. The molecule has 162 valence electrons. The molecule has 0 radical (unpaired) electrons. The standard InChI is InChI=1S/C18H22F3N7O2/c1-22-17(24-6-9-30-16-14(18(19,20)21)4-3-5-23-16)27-7-8-28(15(29)12-27)13-10-25-26(2)11-13/h3-5,10-11H,6-9,12H2,1-2H3,(H,22,24). The van der Waals surface area contributed by atoms with E-state index in [1.54, 1.807) is 41.0 Å². The van der Waals surface area contributed by atoms with Gasteiger partial charge in [0, 0.05) is 39.6 Å². The number of piperazine rings is 1. The second kappa shape index (κ2) is 9.01. The fourth-order valence-electron chi connectivity index (χ4n) is 3.04. The summed E-state index contributed by atoms with van der Waals surface area (Å²) in [7, 11) is 3.35. The van der Waals surface area contributed by atoms with E-state index in [0.717, 1.165) is 11.8 Å². The van der Waals surface area contributed by atoms with E-state index < -0.39 is 17.6 Å². The fourth-order valence-corrected chi connectivity index (χ4v) is 3.04. The quantitative estimate of drug-likeness (QED) is 0.439. The molecule has 1 aliphatic heterocycles. The average molecular weight is 425 g/mol. The second-order valence-electron chi connectivity index (χ2n) is 6.52. The van der Waals surface area contributed by atoms with Gasteiger partial charge in [-0.3, -0.25) is 14.5 Å². The van der Waals surface area contributed by atoms with Gasteiger partial charge in [0.15, 0.2) is 5.96 Å². The van der Waals surface area contributed by atoms with Crippen molar-refractivity contribution in [3.8, 4) is 5.88 Å². The predicted molar refractivity (Wildman–Crippen MR) is 103 cm³/mol. The zero-order valence-corrected chi connectivity index (χ0v) is 16.6. The number of anilines is 1. The number of pyridine rings is 1. The van der Waals surface area contributed by atoms with Gasteiger partial charge in [-0.2, -0.15) is 18.3 Å². The first-order valence-electron chi connectivity index (χ1n) is 9.19. The van der Waals surface area contributed by atoms with Crippen LogP contribution in [0, 0.1) is 0 Å². The number of ether oxygens (including phenoxy) is 1. The average Bonchev–Trinajstić information content (AvgIpc) is 3.13. The lowest BCUT2D eigenvalue weighted by Crippen LogP contribution is -2.55. The van der Waals surface area contributed by atoms with Gasteiger partial charge in [0.1, 0.15) is 18.7 Å². The van der Waals surface area contributed by atoms with Crippen molar-refractivity contribution >= 4 is 17.6 Å². The van der Waals surface area contributed by atoms with Crippen LogP contribution in [0.25, 0.3) is 0 Å². The lowest BCUT2D eigenvalue weighted by atomic mass is 10.2. The van der Waals surface area contributed by atoms with Gasteiger partial charge in [-0.15, -0.1) is 0 Å². The first-order chi connectivity index (χ1) is 14.3. The number of guanidine groups is 1. The molecule has 12 heteroatoms. The van der Waals surface area contributed by atoms with Crippen LogP contribution in [-0.2, 0) is 18.0 Å². The Morgan fingerprint density at radius 2 is 2.17 bits per heavy atom. The van der Waals surface area contributed by atoms with E-state index in [4.69, 9.17) is 4.74 Å². The van der Waals surface area contributed by atoms with Crippen molar-refractivity contribution in [3.05, 3.63) is 36.3 Å². The Hall–Kier alpha value is -3.31. The summed E-state index contributed by atoms with van der Waals surface area (Å²) in [6, 6.07) is 2.12. The molecule has 0 atom stereocenters. The largest absolute Gasteiger partial charge is 0.475 e. The number of amides is 1. The number of halogens is 3. The van der Waals surface area contributed by atoms with Gasteiger partial charge < -0.3 is 19.9 Å². The van der Waals surface area contributed by atoms with E-state index in [9.17, 15) is 18.0 Å². The zero-order chi connectivity index (χ0) is 21.7. The number of nitrogens with one attached hydrogen (secondary N) is 1. The van der Waals surface area contributed by atoms with Gasteiger partial charge in [-0.1, -0.05) is 0 Å². The molecule has 1 aliphatic rings. The molecule has 3 heterocycles. The molecular formula is C18H22F3N7O2. The van der Waals surface area contributed by atoms with Crippen LogP contribution in [0.3, 0.4) is 0 Å². The number of alkyl halides is 3. The molecule has 2 aromatic heterocycles. The summed E-state index contributed by atoms with van der Waals surface area (Å²) in [5.41, 5.74) is -0.194. The first kappa shape index (κ1) is 21.4. The molecule has 9 nitrogen and oxygen atoms in total. The van der Waals surface area contributed by atoms with Crippen LogP contribution in [0.4, 0.5) is 18.9 Å². The minimum atomic E-state index is -4.54. The number of rotatable bonds is 5. The van der Waals surface area contributed by atoms with E-state index in [1.165, 1.54) is 12.3 Å². The Kier molecular flexibility index (Phi) is 6.43. The van der Waals surface area contributed by atoms with Gasteiger partial charge in [0.05, 0.1) is 18.4 Å². The second-order valence-corrected chi connectivity index (χ2v) is 6.52. The summed E-state index contributed by atoms with van der Waals surface area (Å²) in [6.07, 6.45) is 0.0985. The Balaban J connectivity index is 1.51. The molecule has 0 unspecified atom stereocenters. The Bertz CT molecular complexity index is 913. The number of aliphatic imine (C=N–C) groups is 1. The van der Waals surface area contributed by atoms with Gasteiger partial charge in [-0.25, -0.2) is 4.98 Å². The predicted octanol–water partition coefficient (Wildman–Crippen LogP) is 1.14. The lowest BCUT2D eigenvalue weighted by molar-refractivity contribution is -0.139. The summed E-state index contributed by atoms with van der Waals surface area (Å²) in [6.45, 7) is 1.26. The molecule has 0 bridgehead atoms. The topological polar surface area (TPSA) is 87.9 Å². The van der Waals surface area contributed by atoms with E-state index in [0.29, 0.717) is 19.0 Å². The van der Waals surface area contributed by atoms with E-state index in [-0.39, 0.29) is 25.6 Å². The Labute approximate surface area is 171 Å². The lowest BCUT2D eigenvalue weighted by Gasteiger charge is -2.35. The van der Waals surface area contributed by atoms with Crippen molar-refractivity contribution in [1.82, 2.24) is 25.0 Å². The molecule has 2 aromatic rings. The number of aromatic nitrogens is 3. The molecule has 1 amide bonds. The van der Waals surface area contributed by atoms with Crippen LogP contribution in [-0.4, -0.2) is 71.4 Å². The van der Waals surface area contributed by atoms with E-state index >= 15 is 0 Å². The summed E-state index contributed by atoms with van der Waals surface area (Å²) in [5, 5.41) is 7.08. The van der Waals surface area contributed by atoms with Gasteiger partial charge in [-0.05, 0) is 12.1 Å². The summed E-state index contributed by atoms with van der Waals surface area (Å²) >= 11 is 0. The summed E-state index contributed by atoms with van der Waals surface area (Å²) in [5.74, 6) is -0.103. The summed E-state index contributed by atoms with van der Waals surface area (Å²) in [4.78, 5) is 23.7. The fraction of sp³-hybridized carbons (Fsp3) is 0.444. The monoisotopic (exact) mass is 425 g/mol. The molecule has 1 fully saturated rings. The minimum absolute atomic E-state index is 0.0529. The van der Waals surface area contributed by atoms with Crippen LogP contribution >= 0.6 is 0 Å². The zero-order valence-electron chi connectivity index (χ0n) is 16.6. The van der Waals surface area contributed by atoms with Gasteiger partial charge in [0.25, 0.3) is 0 Å². The van der Waals surface area contributed by atoms with E-state index in [1.807, 2.05) is 0 Å². The molecule has 1 N–H and O–H groups in total. The third-order valence-corrected chi connectivity index (χ3v) is 4.44. The van der Waals surface area contributed by atoms with Crippen molar-refractivity contribution in [1.29, 1.82) is 0 Å². The third-order valence-electron chi connectivity index (χ3n) is 4.44. The van der Waals surface area contributed by atoms with Gasteiger partial charge >= 0.3 is 6.18 Å². The maximum absolute atomic E-state index is 13.0.